The first-order valence-electron chi connectivity index (χ1n) is 4.05. The number of hydrogen-bond acceptors (Lipinski definition) is 3. The van der Waals surface area contributed by atoms with Crippen LogP contribution in [-0.2, 0) is 0 Å². The number of carbonyl (C=O) groups is 1. The Kier molecular flexibility index (Phi) is 3.39. The molecule has 0 radical (unpaired) electrons. The minimum atomic E-state index is -0.970. The van der Waals surface area contributed by atoms with Crippen LogP contribution in [0.4, 0.5) is 0 Å². The Morgan fingerprint density at radius 2 is 1.87 bits per heavy atom. The lowest BCUT2D eigenvalue weighted by atomic mass is 10.1. The minimum Gasteiger partial charge on any atom is -0.478 e. The highest BCUT2D eigenvalue weighted by Crippen LogP contribution is 2.02. The molecule has 0 unspecified atom stereocenters. The maximum absolute atomic E-state index is 10.5. The number of nitrogens with zero attached hydrogens (tertiary/aromatic N) is 2. The molecule has 6 nitrogen and oxygen atoms in total. The predicted octanol–water partition coefficient (Wildman–Crippen LogP) is -0.00790. The van der Waals surface area contributed by atoms with Crippen molar-refractivity contribution in [3.63, 3.8) is 0 Å². The molecule has 15 heavy (non-hydrogen) atoms. The molecule has 6 heteroatoms. The predicted molar refractivity (Wildman–Crippen MR) is 56.8 cm³/mol. The van der Waals surface area contributed by atoms with Crippen molar-refractivity contribution in [3.05, 3.63) is 35.4 Å². The second-order valence-corrected chi connectivity index (χ2v) is 2.70. The summed E-state index contributed by atoms with van der Waals surface area (Å²) < 4.78 is 0. The van der Waals surface area contributed by atoms with E-state index in [9.17, 15) is 4.79 Å². The molecule has 78 valence electrons. The third-order valence-electron chi connectivity index (χ3n) is 1.54. The van der Waals surface area contributed by atoms with E-state index in [0.717, 1.165) is 0 Å². The maximum atomic E-state index is 10.5. The van der Waals surface area contributed by atoms with Crippen molar-refractivity contribution < 1.29 is 9.90 Å². The van der Waals surface area contributed by atoms with E-state index in [2.05, 4.69) is 10.2 Å². The van der Waals surface area contributed by atoms with Crippen molar-refractivity contribution >= 4 is 18.1 Å². The Labute approximate surface area is 85.9 Å². The lowest BCUT2D eigenvalue weighted by molar-refractivity contribution is 0.0697. The van der Waals surface area contributed by atoms with Gasteiger partial charge in [0.1, 0.15) is 0 Å². The van der Waals surface area contributed by atoms with Gasteiger partial charge in [-0.25, -0.2) is 4.79 Å². The van der Waals surface area contributed by atoms with E-state index >= 15 is 0 Å². The molecule has 0 heterocycles. The molecule has 0 aliphatic heterocycles. The van der Waals surface area contributed by atoms with Crippen LogP contribution in [0.3, 0.4) is 0 Å². The van der Waals surface area contributed by atoms with Gasteiger partial charge in [0, 0.05) is 0 Å². The highest BCUT2D eigenvalue weighted by Gasteiger charge is 1.99. The van der Waals surface area contributed by atoms with E-state index in [1.165, 1.54) is 18.3 Å². The zero-order valence-corrected chi connectivity index (χ0v) is 7.79. The average molecular weight is 206 g/mol. The van der Waals surface area contributed by atoms with Gasteiger partial charge in [0.15, 0.2) is 0 Å². The van der Waals surface area contributed by atoms with Gasteiger partial charge in [-0.15, -0.1) is 5.10 Å². The smallest absolute Gasteiger partial charge is 0.335 e. The minimum absolute atomic E-state index is 0.131. The largest absolute Gasteiger partial charge is 0.478 e. The number of carboxylic acids is 1. The van der Waals surface area contributed by atoms with Crippen LogP contribution < -0.4 is 11.5 Å². The standard InChI is InChI=1S/C9H10N4O2/c10-9(11)13-12-5-6-1-3-7(4-2-6)8(14)15/h1-5H,(H,14,15)(H4,10,11,13)/b12-5-. The van der Waals surface area contributed by atoms with Crippen molar-refractivity contribution in [2.45, 2.75) is 0 Å². The van der Waals surface area contributed by atoms with Crippen molar-refractivity contribution in [2.75, 3.05) is 0 Å². The summed E-state index contributed by atoms with van der Waals surface area (Å²) in [6, 6.07) is 6.16. The molecule has 0 aliphatic carbocycles. The Hall–Kier alpha value is -2.37. The molecule has 0 bridgehead atoms. The zero-order valence-electron chi connectivity index (χ0n) is 7.79. The third kappa shape index (κ3) is 3.47. The molecule has 0 aromatic heterocycles. The normalized spacial score (nSPS) is 10.1. The van der Waals surface area contributed by atoms with E-state index in [-0.39, 0.29) is 11.5 Å². The van der Waals surface area contributed by atoms with E-state index in [1.54, 1.807) is 12.1 Å². The summed E-state index contributed by atoms with van der Waals surface area (Å²) in [6.07, 6.45) is 1.42. The fraction of sp³-hybridized carbons (Fsp3) is 0. The van der Waals surface area contributed by atoms with Crippen LogP contribution >= 0.6 is 0 Å². The molecule has 0 saturated heterocycles. The number of aromatic carboxylic acids is 1. The number of carboxylic acid groups (broad SMARTS) is 1. The second kappa shape index (κ2) is 4.75. The molecule has 1 aromatic carbocycles. The molecule has 0 amide bonds. The van der Waals surface area contributed by atoms with Gasteiger partial charge in [-0.2, -0.15) is 5.10 Å². The van der Waals surface area contributed by atoms with E-state index in [1.807, 2.05) is 0 Å². The van der Waals surface area contributed by atoms with Crippen molar-refractivity contribution in [3.8, 4) is 0 Å². The molecular formula is C9H10N4O2. The van der Waals surface area contributed by atoms with Gasteiger partial charge in [-0.1, -0.05) is 12.1 Å². The van der Waals surface area contributed by atoms with Gasteiger partial charge < -0.3 is 16.6 Å². The van der Waals surface area contributed by atoms with Gasteiger partial charge in [0.05, 0.1) is 11.8 Å². The van der Waals surface area contributed by atoms with Gasteiger partial charge in [-0.05, 0) is 17.7 Å². The Morgan fingerprint density at radius 3 is 2.33 bits per heavy atom. The first-order valence-corrected chi connectivity index (χ1v) is 4.05. The van der Waals surface area contributed by atoms with Crippen LogP contribution in [-0.4, -0.2) is 23.2 Å². The average Bonchev–Trinajstić information content (AvgIpc) is 2.18. The summed E-state index contributed by atoms with van der Waals surface area (Å²) in [5, 5.41) is 15.6. The van der Waals surface area contributed by atoms with Crippen molar-refractivity contribution in [1.82, 2.24) is 0 Å². The lowest BCUT2D eigenvalue weighted by Crippen LogP contribution is -2.21. The molecule has 5 N–H and O–H groups in total. The number of rotatable bonds is 3. The number of benzene rings is 1. The van der Waals surface area contributed by atoms with Crippen LogP contribution in [0.1, 0.15) is 15.9 Å². The summed E-state index contributed by atoms with van der Waals surface area (Å²) in [5.74, 6) is -1.10. The highest BCUT2D eigenvalue weighted by atomic mass is 16.4. The molecule has 0 fully saturated rings. The first kappa shape index (κ1) is 10.7. The SMILES string of the molecule is NC(N)=N/N=C\c1ccc(C(=O)O)cc1. The summed E-state index contributed by atoms with van der Waals surface area (Å²) in [5.41, 5.74) is 11.0. The molecule has 0 atom stereocenters. The fourth-order valence-corrected chi connectivity index (χ4v) is 0.874. The summed E-state index contributed by atoms with van der Waals surface area (Å²) in [7, 11) is 0. The molecule has 0 saturated carbocycles. The zero-order chi connectivity index (χ0) is 11.3. The van der Waals surface area contributed by atoms with Crippen LogP contribution in [0.5, 0.6) is 0 Å². The van der Waals surface area contributed by atoms with Gasteiger partial charge >= 0.3 is 5.97 Å². The van der Waals surface area contributed by atoms with Gasteiger partial charge in [-0.3, -0.25) is 0 Å². The van der Waals surface area contributed by atoms with E-state index in [4.69, 9.17) is 16.6 Å². The van der Waals surface area contributed by atoms with Gasteiger partial charge in [0.25, 0.3) is 0 Å². The monoisotopic (exact) mass is 206 g/mol. The van der Waals surface area contributed by atoms with Crippen molar-refractivity contribution in [2.24, 2.45) is 21.7 Å². The first-order chi connectivity index (χ1) is 7.09. The molecule has 0 aliphatic rings. The Bertz CT molecular complexity index is 405. The molecule has 0 spiro atoms. The van der Waals surface area contributed by atoms with Gasteiger partial charge in [0.2, 0.25) is 5.96 Å². The number of nitrogens with two attached hydrogens (primary N) is 2. The van der Waals surface area contributed by atoms with Crippen LogP contribution in [0, 0.1) is 0 Å². The molecular weight excluding hydrogens is 196 g/mol. The van der Waals surface area contributed by atoms with E-state index in [0.29, 0.717) is 5.56 Å². The highest BCUT2D eigenvalue weighted by molar-refractivity contribution is 5.89. The van der Waals surface area contributed by atoms with E-state index < -0.39 is 5.97 Å². The summed E-state index contributed by atoms with van der Waals surface area (Å²) in [6.45, 7) is 0. The molecule has 1 aromatic rings. The number of guanidine groups is 1. The quantitative estimate of drug-likeness (QED) is 0.366. The fourth-order valence-electron chi connectivity index (χ4n) is 0.874. The maximum Gasteiger partial charge on any atom is 0.335 e. The number of hydrogen-bond donors (Lipinski definition) is 3. The van der Waals surface area contributed by atoms with Crippen LogP contribution in [0.2, 0.25) is 0 Å². The Morgan fingerprint density at radius 1 is 1.27 bits per heavy atom. The summed E-state index contributed by atoms with van der Waals surface area (Å²) >= 11 is 0. The van der Waals surface area contributed by atoms with Crippen molar-refractivity contribution in [1.29, 1.82) is 0 Å². The summed E-state index contributed by atoms with van der Waals surface area (Å²) in [4.78, 5) is 10.5. The van der Waals surface area contributed by atoms with Crippen LogP contribution in [0.25, 0.3) is 0 Å². The third-order valence-corrected chi connectivity index (χ3v) is 1.54. The molecule has 1 rings (SSSR count). The lowest BCUT2D eigenvalue weighted by Gasteiger charge is -1.94. The topological polar surface area (TPSA) is 114 Å². The second-order valence-electron chi connectivity index (χ2n) is 2.70. The Balaban J connectivity index is 2.77. The van der Waals surface area contributed by atoms with Crippen LogP contribution in [0.15, 0.2) is 34.5 Å².